The van der Waals surface area contributed by atoms with Gasteiger partial charge in [-0.25, -0.2) is 12.8 Å². The summed E-state index contributed by atoms with van der Waals surface area (Å²) in [6.45, 7) is 8.10. The largest absolute Gasteiger partial charge is 0.301 e. The molecule has 0 saturated carbocycles. The minimum absolute atomic E-state index is 0.0279. The molecule has 1 aromatic heterocycles. The second-order valence-corrected chi connectivity index (χ2v) is 9.69. The number of rotatable bonds is 6. The third-order valence-electron chi connectivity index (χ3n) is 5.54. The molecule has 9 heteroatoms. The number of aromatic nitrogens is 1. The highest BCUT2D eigenvalue weighted by Gasteiger charge is 2.19. The highest BCUT2D eigenvalue weighted by Crippen LogP contribution is 2.31. The van der Waals surface area contributed by atoms with Crippen molar-refractivity contribution in [2.45, 2.75) is 18.4 Å². The number of sulfonamides is 1. The number of pyridine rings is 1. The van der Waals surface area contributed by atoms with Gasteiger partial charge in [0.25, 0.3) is 10.0 Å². The molecular formula is C22H24ClFN4O2S. The zero-order chi connectivity index (χ0) is 22.0. The molecule has 164 valence electrons. The molecule has 0 bridgehead atoms. The Hall–Kier alpha value is -2.26. The molecule has 0 amide bonds. The molecule has 1 saturated heterocycles. The maximum absolute atomic E-state index is 13.2. The van der Waals surface area contributed by atoms with E-state index in [4.69, 9.17) is 11.6 Å². The minimum atomic E-state index is -3.89. The Morgan fingerprint density at radius 3 is 2.42 bits per heavy atom. The molecule has 4 rings (SSSR count). The number of fused-ring (bicyclic) bond motifs is 1. The van der Waals surface area contributed by atoms with E-state index in [-0.39, 0.29) is 4.90 Å². The van der Waals surface area contributed by atoms with Crippen molar-refractivity contribution in [2.24, 2.45) is 0 Å². The van der Waals surface area contributed by atoms with Crippen molar-refractivity contribution < 1.29 is 12.8 Å². The molecule has 2 heterocycles. The van der Waals surface area contributed by atoms with Crippen LogP contribution in [0.5, 0.6) is 0 Å². The summed E-state index contributed by atoms with van der Waals surface area (Å²) in [6.07, 6.45) is 1.76. The van der Waals surface area contributed by atoms with E-state index in [9.17, 15) is 12.8 Å². The number of benzene rings is 2. The molecule has 1 aliphatic rings. The number of hydrogen-bond acceptors (Lipinski definition) is 5. The number of piperazine rings is 1. The highest BCUT2D eigenvalue weighted by atomic mass is 35.5. The van der Waals surface area contributed by atoms with Gasteiger partial charge in [-0.3, -0.25) is 14.6 Å². The van der Waals surface area contributed by atoms with Crippen molar-refractivity contribution in [1.82, 2.24) is 14.8 Å². The summed E-state index contributed by atoms with van der Waals surface area (Å²) in [5.74, 6) is -0.499. The molecule has 3 aromatic rings. The zero-order valence-electron chi connectivity index (χ0n) is 17.2. The lowest BCUT2D eigenvalue weighted by Crippen LogP contribution is -2.45. The van der Waals surface area contributed by atoms with Crippen LogP contribution in [0.3, 0.4) is 0 Å². The Balaban J connectivity index is 1.58. The average Bonchev–Trinajstić information content (AvgIpc) is 2.77. The Morgan fingerprint density at radius 1 is 1.06 bits per heavy atom. The molecule has 1 N–H and O–H groups in total. The summed E-state index contributed by atoms with van der Waals surface area (Å²) in [5, 5.41) is 1.19. The first kappa shape index (κ1) is 22.0. The lowest BCUT2D eigenvalue weighted by Gasteiger charge is -2.34. The Labute approximate surface area is 186 Å². The minimum Gasteiger partial charge on any atom is -0.301 e. The monoisotopic (exact) mass is 462 g/mol. The van der Waals surface area contributed by atoms with Crippen LogP contribution in [0.4, 0.5) is 10.1 Å². The van der Waals surface area contributed by atoms with Crippen molar-refractivity contribution in [3.05, 3.63) is 65.1 Å². The van der Waals surface area contributed by atoms with E-state index in [1.165, 1.54) is 12.1 Å². The lowest BCUT2D eigenvalue weighted by molar-refractivity contribution is 0.132. The SMILES string of the molecule is CCN1CCN(Cc2cnc3c(NS(=O)(=O)c4ccc(F)cc4)ccc(Cl)c3c2)CC1. The molecular weight excluding hydrogens is 439 g/mol. The van der Waals surface area contributed by atoms with E-state index in [0.29, 0.717) is 21.6 Å². The van der Waals surface area contributed by atoms with E-state index >= 15 is 0 Å². The standard InChI is InChI=1S/C22H24ClFN4O2S/c1-2-27-9-11-28(12-10-27)15-16-13-19-20(23)7-8-21(22(19)25-14-16)26-31(29,30)18-5-3-17(24)4-6-18/h3-8,13-14,26H,2,9-12,15H2,1H3. The lowest BCUT2D eigenvalue weighted by atomic mass is 10.1. The predicted molar refractivity (Wildman–Crippen MR) is 121 cm³/mol. The van der Waals surface area contributed by atoms with Gasteiger partial charge in [-0.1, -0.05) is 18.5 Å². The zero-order valence-corrected chi connectivity index (χ0v) is 18.8. The molecule has 6 nitrogen and oxygen atoms in total. The summed E-state index contributed by atoms with van der Waals surface area (Å²) in [5.41, 5.74) is 1.82. The van der Waals surface area contributed by atoms with Crippen LogP contribution in [0.25, 0.3) is 10.9 Å². The van der Waals surface area contributed by atoms with Crippen molar-refractivity contribution >= 4 is 38.2 Å². The van der Waals surface area contributed by atoms with Crippen LogP contribution in [-0.4, -0.2) is 55.9 Å². The summed E-state index contributed by atoms with van der Waals surface area (Å²) < 4.78 is 41.1. The molecule has 1 aliphatic heterocycles. The van der Waals surface area contributed by atoms with E-state index in [1.807, 2.05) is 6.07 Å². The van der Waals surface area contributed by atoms with Gasteiger partial charge in [0.05, 0.1) is 21.1 Å². The molecule has 1 fully saturated rings. The van der Waals surface area contributed by atoms with E-state index in [0.717, 1.165) is 57.0 Å². The van der Waals surface area contributed by atoms with Crippen LogP contribution in [-0.2, 0) is 16.6 Å². The topological polar surface area (TPSA) is 65.5 Å². The van der Waals surface area contributed by atoms with Crippen LogP contribution in [0, 0.1) is 5.82 Å². The summed E-state index contributed by atoms with van der Waals surface area (Å²) in [6, 6.07) is 9.87. The normalized spacial score (nSPS) is 16.0. The predicted octanol–water partition coefficient (Wildman–Crippen LogP) is 3.97. The molecule has 0 radical (unpaired) electrons. The van der Waals surface area contributed by atoms with Crippen molar-refractivity contribution in [2.75, 3.05) is 37.4 Å². The molecule has 2 aromatic carbocycles. The Morgan fingerprint density at radius 2 is 1.74 bits per heavy atom. The fourth-order valence-electron chi connectivity index (χ4n) is 3.74. The number of nitrogens with one attached hydrogen (secondary N) is 1. The first-order valence-electron chi connectivity index (χ1n) is 10.2. The summed E-state index contributed by atoms with van der Waals surface area (Å²) in [4.78, 5) is 9.30. The van der Waals surface area contributed by atoms with Gasteiger partial charge in [0.2, 0.25) is 0 Å². The van der Waals surface area contributed by atoms with Crippen molar-refractivity contribution in [1.29, 1.82) is 0 Å². The second kappa shape index (κ2) is 9.08. The fraction of sp³-hybridized carbons (Fsp3) is 0.318. The van der Waals surface area contributed by atoms with Crippen molar-refractivity contribution in [3.8, 4) is 0 Å². The van der Waals surface area contributed by atoms with Gasteiger partial charge in [0, 0.05) is 44.3 Å². The van der Waals surface area contributed by atoms with Gasteiger partial charge in [0.15, 0.2) is 0 Å². The molecule has 0 aliphatic carbocycles. The van der Waals surface area contributed by atoms with Gasteiger partial charge in [-0.2, -0.15) is 0 Å². The Kier molecular flexibility index (Phi) is 6.43. The van der Waals surface area contributed by atoms with Crippen LogP contribution in [0.1, 0.15) is 12.5 Å². The Bertz CT molecular complexity index is 1180. The van der Waals surface area contributed by atoms with Crippen LogP contribution >= 0.6 is 11.6 Å². The molecule has 31 heavy (non-hydrogen) atoms. The number of nitrogens with zero attached hydrogens (tertiary/aromatic N) is 3. The number of anilines is 1. The maximum atomic E-state index is 13.2. The van der Waals surface area contributed by atoms with Gasteiger partial charge in [-0.15, -0.1) is 0 Å². The second-order valence-electron chi connectivity index (χ2n) is 7.60. The van der Waals surface area contributed by atoms with Gasteiger partial charge < -0.3 is 4.90 Å². The average molecular weight is 463 g/mol. The third kappa shape index (κ3) is 4.98. The van der Waals surface area contributed by atoms with Crippen LogP contribution in [0.15, 0.2) is 53.6 Å². The molecule has 0 atom stereocenters. The maximum Gasteiger partial charge on any atom is 0.261 e. The molecule has 0 unspecified atom stereocenters. The van der Waals surface area contributed by atoms with E-state index < -0.39 is 15.8 Å². The fourth-order valence-corrected chi connectivity index (χ4v) is 5.01. The van der Waals surface area contributed by atoms with Crippen LogP contribution < -0.4 is 4.72 Å². The molecule has 0 spiro atoms. The summed E-state index contributed by atoms with van der Waals surface area (Å²) >= 11 is 6.41. The van der Waals surface area contributed by atoms with E-state index in [1.54, 1.807) is 18.3 Å². The van der Waals surface area contributed by atoms with Gasteiger partial charge >= 0.3 is 0 Å². The number of halogens is 2. The van der Waals surface area contributed by atoms with Crippen molar-refractivity contribution in [3.63, 3.8) is 0 Å². The van der Waals surface area contributed by atoms with Crippen LogP contribution in [0.2, 0.25) is 5.02 Å². The van der Waals surface area contributed by atoms with E-state index in [2.05, 4.69) is 26.4 Å². The first-order valence-corrected chi connectivity index (χ1v) is 12.0. The summed E-state index contributed by atoms with van der Waals surface area (Å²) in [7, 11) is -3.89. The smallest absolute Gasteiger partial charge is 0.261 e. The quantitative estimate of drug-likeness (QED) is 0.600. The highest BCUT2D eigenvalue weighted by molar-refractivity contribution is 7.92. The van der Waals surface area contributed by atoms with Gasteiger partial charge in [-0.05, 0) is 54.6 Å². The first-order chi connectivity index (χ1) is 14.9. The van der Waals surface area contributed by atoms with Gasteiger partial charge in [0.1, 0.15) is 5.82 Å². The number of hydrogen-bond donors (Lipinski definition) is 1. The number of likely N-dealkylation sites (N-methyl/N-ethyl adjacent to an activating group) is 1. The third-order valence-corrected chi connectivity index (χ3v) is 7.25.